The molecule has 0 unspecified atom stereocenters. The van der Waals surface area contributed by atoms with Crippen molar-refractivity contribution in [2.24, 2.45) is 5.14 Å². The zero-order valence-corrected chi connectivity index (χ0v) is 12.2. The molecule has 114 valence electrons. The minimum absolute atomic E-state index is 0.00192. The van der Waals surface area contributed by atoms with Crippen molar-refractivity contribution in [2.45, 2.75) is 9.79 Å². The Labute approximate surface area is 117 Å². The number of rotatable bonds is 8. The van der Waals surface area contributed by atoms with Crippen LogP contribution in [0.1, 0.15) is 0 Å². The van der Waals surface area contributed by atoms with E-state index in [2.05, 4.69) is 4.72 Å². The lowest BCUT2D eigenvalue weighted by atomic mass is 10.4. The maximum atomic E-state index is 11.9. The van der Waals surface area contributed by atoms with Crippen molar-refractivity contribution in [3.63, 3.8) is 0 Å². The standard InChI is InChI=1S/C10H16N2O6S2/c11-19(14,15)9-2-1-3-10(8-9)20(16,17)12-4-6-18-7-5-13/h1-3,8,12-13H,4-7H2,(H2,11,14,15). The van der Waals surface area contributed by atoms with Crippen LogP contribution in [0.5, 0.6) is 0 Å². The van der Waals surface area contributed by atoms with Crippen LogP contribution in [0, 0.1) is 0 Å². The van der Waals surface area contributed by atoms with Crippen LogP contribution in [-0.2, 0) is 24.8 Å². The lowest BCUT2D eigenvalue weighted by Gasteiger charge is -2.08. The number of aliphatic hydroxyl groups excluding tert-OH is 1. The van der Waals surface area contributed by atoms with E-state index >= 15 is 0 Å². The Hall–Kier alpha value is -1.04. The number of hydrogen-bond acceptors (Lipinski definition) is 6. The summed E-state index contributed by atoms with van der Waals surface area (Å²) >= 11 is 0. The fraction of sp³-hybridized carbons (Fsp3) is 0.400. The molecule has 20 heavy (non-hydrogen) atoms. The molecule has 0 saturated carbocycles. The second kappa shape index (κ2) is 7.11. The molecule has 0 atom stereocenters. The third-order valence-corrected chi connectivity index (χ3v) is 4.59. The number of aliphatic hydroxyl groups is 1. The van der Waals surface area contributed by atoms with Crippen molar-refractivity contribution < 1.29 is 26.7 Å². The molecule has 0 saturated heterocycles. The maximum absolute atomic E-state index is 11.9. The predicted molar refractivity (Wildman–Crippen MR) is 70.9 cm³/mol. The first kappa shape index (κ1) is 17.0. The van der Waals surface area contributed by atoms with Crippen LogP contribution >= 0.6 is 0 Å². The summed E-state index contributed by atoms with van der Waals surface area (Å²) in [5.41, 5.74) is 0. The van der Waals surface area contributed by atoms with Gasteiger partial charge in [0.1, 0.15) is 0 Å². The van der Waals surface area contributed by atoms with Gasteiger partial charge in [-0.05, 0) is 18.2 Å². The van der Waals surface area contributed by atoms with Gasteiger partial charge in [-0.3, -0.25) is 0 Å². The quantitative estimate of drug-likeness (QED) is 0.504. The van der Waals surface area contributed by atoms with Crippen LogP contribution in [0.4, 0.5) is 0 Å². The Morgan fingerprint density at radius 2 is 1.80 bits per heavy atom. The van der Waals surface area contributed by atoms with Crippen LogP contribution < -0.4 is 9.86 Å². The molecule has 1 rings (SSSR count). The van der Waals surface area contributed by atoms with E-state index in [4.69, 9.17) is 15.0 Å². The van der Waals surface area contributed by atoms with Gasteiger partial charge < -0.3 is 9.84 Å². The summed E-state index contributed by atoms with van der Waals surface area (Å²) in [6.07, 6.45) is 0. The Morgan fingerprint density at radius 3 is 2.40 bits per heavy atom. The molecule has 0 aliphatic heterocycles. The monoisotopic (exact) mass is 324 g/mol. The second-order valence-electron chi connectivity index (χ2n) is 3.75. The smallest absolute Gasteiger partial charge is 0.240 e. The van der Waals surface area contributed by atoms with Gasteiger partial charge >= 0.3 is 0 Å². The average molecular weight is 324 g/mol. The van der Waals surface area contributed by atoms with E-state index in [-0.39, 0.29) is 36.2 Å². The molecule has 0 aliphatic carbocycles. The summed E-state index contributed by atoms with van der Waals surface area (Å²) in [5, 5.41) is 13.4. The lowest BCUT2D eigenvalue weighted by Crippen LogP contribution is -2.28. The first-order chi connectivity index (χ1) is 9.27. The number of ether oxygens (including phenoxy) is 1. The molecular weight excluding hydrogens is 308 g/mol. The van der Waals surface area contributed by atoms with E-state index in [1.165, 1.54) is 18.2 Å². The van der Waals surface area contributed by atoms with E-state index in [1.54, 1.807) is 0 Å². The molecule has 0 bridgehead atoms. The van der Waals surface area contributed by atoms with Gasteiger partial charge in [0.15, 0.2) is 0 Å². The number of sulfonamides is 2. The molecule has 10 heteroatoms. The third-order valence-electron chi connectivity index (χ3n) is 2.22. The molecule has 4 N–H and O–H groups in total. The van der Waals surface area contributed by atoms with Crippen LogP contribution in [0.3, 0.4) is 0 Å². The first-order valence-electron chi connectivity index (χ1n) is 5.58. The van der Waals surface area contributed by atoms with Crippen LogP contribution in [0.25, 0.3) is 0 Å². The van der Waals surface area contributed by atoms with Crippen LogP contribution in [0.2, 0.25) is 0 Å². The molecule has 1 aromatic rings. The zero-order valence-electron chi connectivity index (χ0n) is 10.5. The Morgan fingerprint density at radius 1 is 1.15 bits per heavy atom. The van der Waals surface area contributed by atoms with Gasteiger partial charge in [0.25, 0.3) is 0 Å². The van der Waals surface area contributed by atoms with Crippen molar-refractivity contribution >= 4 is 20.0 Å². The van der Waals surface area contributed by atoms with Gasteiger partial charge in [-0.25, -0.2) is 26.7 Å². The minimum atomic E-state index is -3.96. The van der Waals surface area contributed by atoms with Crippen LogP contribution in [-0.4, -0.2) is 48.3 Å². The fourth-order valence-electron chi connectivity index (χ4n) is 1.32. The largest absolute Gasteiger partial charge is 0.394 e. The highest BCUT2D eigenvalue weighted by molar-refractivity contribution is 7.90. The van der Waals surface area contributed by atoms with Crippen molar-refractivity contribution in [2.75, 3.05) is 26.4 Å². The highest BCUT2D eigenvalue weighted by Gasteiger charge is 2.16. The third kappa shape index (κ3) is 5.15. The molecule has 0 fully saturated rings. The lowest BCUT2D eigenvalue weighted by molar-refractivity contribution is 0.0961. The van der Waals surface area contributed by atoms with Gasteiger partial charge in [0.2, 0.25) is 20.0 Å². The van der Waals surface area contributed by atoms with Gasteiger partial charge in [-0.15, -0.1) is 0 Å². The number of hydrogen-bond donors (Lipinski definition) is 3. The SMILES string of the molecule is NS(=O)(=O)c1cccc(S(=O)(=O)NCCOCCO)c1. The van der Waals surface area contributed by atoms with E-state index in [9.17, 15) is 16.8 Å². The number of primary sulfonamides is 1. The molecule has 0 aromatic heterocycles. The van der Waals surface area contributed by atoms with E-state index in [0.717, 1.165) is 6.07 Å². The van der Waals surface area contributed by atoms with Crippen LogP contribution in [0.15, 0.2) is 34.1 Å². The molecule has 0 spiro atoms. The van der Waals surface area contributed by atoms with Gasteiger partial charge in [-0.1, -0.05) is 6.07 Å². The number of benzene rings is 1. The normalized spacial score (nSPS) is 12.5. The molecule has 1 aromatic carbocycles. The topological polar surface area (TPSA) is 136 Å². The molecule has 0 aliphatic rings. The number of nitrogens with one attached hydrogen (secondary N) is 1. The fourth-order valence-corrected chi connectivity index (χ4v) is 3.01. The molecular formula is C10H16N2O6S2. The summed E-state index contributed by atoms with van der Waals surface area (Å²) < 4.78 is 53.3. The second-order valence-corrected chi connectivity index (χ2v) is 7.08. The summed E-state index contributed by atoms with van der Waals surface area (Å²) in [6, 6.07) is 4.73. The van der Waals surface area contributed by atoms with E-state index < -0.39 is 20.0 Å². The number of nitrogens with two attached hydrogens (primary N) is 1. The zero-order chi connectivity index (χ0) is 15.2. The Bertz CT molecular complexity index is 641. The molecule has 8 nitrogen and oxygen atoms in total. The Balaban J connectivity index is 2.78. The summed E-state index contributed by atoms with van der Waals surface area (Å²) in [6.45, 7) is 0.0579. The minimum Gasteiger partial charge on any atom is -0.394 e. The molecule has 0 amide bonds. The first-order valence-corrected chi connectivity index (χ1v) is 8.61. The highest BCUT2D eigenvalue weighted by Crippen LogP contribution is 2.14. The van der Waals surface area contributed by atoms with E-state index in [0.29, 0.717) is 0 Å². The van der Waals surface area contributed by atoms with Crippen molar-refractivity contribution in [3.05, 3.63) is 24.3 Å². The maximum Gasteiger partial charge on any atom is 0.240 e. The predicted octanol–water partition coefficient (Wildman–Crippen LogP) is -1.38. The van der Waals surface area contributed by atoms with Gasteiger partial charge in [-0.2, -0.15) is 0 Å². The van der Waals surface area contributed by atoms with Crippen molar-refractivity contribution in [1.82, 2.24) is 4.72 Å². The average Bonchev–Trinajstić information content (AvgIpc) is 2.37. The Kier molecular flexibility index (Phi) is 6.05. The summed E-state index contributed by atoms with van der Waals surface area (Å²) in [4.78, 5) is -0.483. The summed E-state index contributed by atoms with van der Waals surface area (Å²) in [7, 11) is -7.81. The molecule has 0 heterocycles. The van der Waals surface area contributed by atoms with E-state index in [1.807, 2.05) is 0 Å². The van der Waals surface area contributed by atoms with Crippen molar-refractivity contribution in [1.29, 1.82) is 0 Å². The highest BCUT2D eigenvalue weighted by atomic mass is 32.2. The van der Waals surface area contributed by atoms with Gasteiger partial charge in [0.05, 0.1) is 29.6 Å². The van der Waals surface area contributed by atoms with Crippen molar-refractivity contribution in [3.8, 4) is 0 Å². The molecule has 0 radical (unpaired) electrons. The summed E-state index contributed by atoms with van der Waals surface area (Å²) in [5.74, 6) is 0. The van der Waals surface area contributed by atoms with Gasteiger partial charge in [0, 0.05) is 6.54 Å².